The highest BCUT2D eigenvalue weighted by Crippen LogP contribution is 2.08. The van der Waals surface area contributed by atoms with E-state index in [-0.39, 0.29) is 24.5 Å². The Balaban J connectivity index is 1.68. The second-order valence-corrected chi connectivity index (χ2v) is 5.76. The summed E-state index contributed by atoms with van der Waals surface area (Å²) in [6, 6.07) is 13.6. The topological polar surface area (TPSA) is 59.1 Å². The Hall–Kier alpha value is -2.49. The maximum atomic E-state index is 11.9. The van der Waals surface area contributed by atoms with Crippen molar-refractivity contribution < 1.29 is 9.59 Å². The number of hydrogen-bond donors (Lipinski definition) is 1. The van der Waals surface area contributed by atoms with E-state index in [4.69, 9.17) is 0 Å². The number of Topliss-reactive ketones (excluding diaryl/α,β-unsaturated/α-hetero) is 1. The molecule has 0 bridgehead atoms. The van der Waals surface area contributed by atoms with Gasteiger partial charge in [-0.1, -0.05) is 37.3 Å². The maximum absolute atomic E-state index is 11.9. The van der Waals surface area contributed by atoms with Gasteiger partial charge in [0.25, 0.3) is 0 Å². The molecular formula is C19H22N2O2. The van der Waals surface area contributed by atoms with Crippen LogP contribution in [-0.4, -0.2) is 23.2 Å². The van der Waals surface area contributed by atoms with Gasteiger partial charge in [0.15, 0.2) is 5.78 Å². The van der Waals surface area contributed by atoms with E-state index in [2.05, 4.69) is 29.4 Å². The minimum absolute atomic E-state index is 0.0504. The summed E-state index contributed by atoms with van der Waals surface area (Å²) in [5.74, 6) is 0.225. The highest BCUT2D eigenvalue weighted by molar-refractivity contribution is 5.97. The van der Waals surface area contributed by atoms with Crippen LogP contribution in [0, 0.1) is 5.92 Å². The van der Waals surface area contributed by atoms with Crippen LogP contribution in [0.3, 0.4) is 0 Å². The molecule has 4 heteroatoms. The molecule has 4 nitrogen and oxygen atoms in total. The van der Waals surface area contributed by atoms with Gasteiger partial charge in [-0.05, 0) is 30.0 Å². The van der Waals surface area contributed by atoms with Crippen molar-refractivity contribution in [3.05, 3.63) is 66.0 Å². The van der Waals surface area contributed by atoms with E-state index < -0.39 is 0 Å². The van der Waals surface area contributed by atoms with E-state index in [0.29, 0.717) is 18.0 Å². The Morgan fingerprint density at radius 3 is 2.57 bits per heavy atom. The normalized spacial score (nSPS) is 11.7. The molecule has 0 saturated heterocycles. The van der Waals surface area contributed by atoms with Gasteiger partial charge in [-0.2, -0.15) is 0 Å². The summed E-state index contributed by atoms with van der Waals surface area (Å²) >= 11 is 0. The molecule has 2 rings (SSSR count). The van der Waals surface area contributed by atoms with Gasteiger partial charge in [-0.15, -0.1) is 0 Å². The molecular weight excluding hydrogens is 288 g/mol. The third-order valence-electron chi connectivity index (χ3n) is 3.64. The average molecular weight is 310 g/mol. The van der Waals surface area contributed by atoms with Crippen molar-refractivity contribution in [3.63, 3.8) is 0 Å². The summed E-state index contributed by atoms with van der Waals surface area (Å²) in [5, 5.41) is 2.90. The average Bonchev–Trinajstić information content (AvgIpc) is 2.59. The van der Waals surface area contributed by atoms with Crippen molar-refractivity contribution in [2.24, 2.45) is 5.92 Å². The first kappa shape index (κ1) is 16.9. The zero-order chi connectivity index (χ0) is 16.5. The van der Waals surface area contributed by atoms with Crippen LogP contribution >= 0.6 is 0 Å². The number of rotatable bonds is 8. The number of benzene rings is 1. The summed E-state index contributed by atoms with van der Waals surface area (Å²) in [6.07, 6.45) is 4.51. The van der Waals surface area contributed by atoms with Crippen molar-refractivity contribution in [3.8, 4) is 0 Å². The lowest BCUT2D eigenvalue weighted by Crippen LogP contribution is -2.29. The van der Waals surface area contributed by atoms with Crippen LogP contribution in [-0.2, 0) is 11.2 Å². The number of aromatic nitrogens is 1. The molecule has 0 radical (unpaired) electrons. The monoisotopic (exact) mass is 310 g/mol. The molecule has 1 unspecified atom stereocenters. The predicted molar refractivity (Wildman–Crippen MR) is 90.1 cm³/mol. The van der Waals surface area contributed by atoms with Crippen molar-refractivity contribution >= 4 is 11.7 Å². The molecule has 0 spiro atoms. The lowest BCUT2D eigenvalue weighted by atomic mass is 10.0. The number of nitrogens with zero attached hydrogens (tertiary/aromatic N) is 1. The lowest BCUT2D eigenvalue weighted by molar-refractivity contribution is -0.121. The smallest absolute Gasteiger partial charge is 0.220 e. The van der Waals surface area contributed by atoms with Gasteiger partial charge >= 0.3 is 0 Å². The van der Waals surface area contributed by atoms with Crippen LogP contribution in [0.2, 0.25) is 0 Å². The molecule has 1 amide bonds. The van der Waals surface area contributed by atoms with E-state index in [9.17, 15) is 9.59 Å². The maximum Gasteiger partial charge on any atom is 0.220 e. The van der Waals surface area contributed by atoms with E-state index in [1.54, 1.807) is 18.3 Å². The van der Waals surface area contributed by atoms with Gasteiger partial charge in [0, 0.05) is 37.3 Å². The van der Waals surface area contributed by atoms with Crippen LogP contribution < -0.4 is 5.32 Å². The highest BCUT2D eigenvalue weighted by Gasteiger charge is 2.10. The second kappa shape index (κ2) is 8.83. The van der Waals surface area contributed by atoms with E-state index in [1.807, 2.05) is 18.2 Å². The zero-order valence-electron chi connectivity index (χ0n) is 13.4. The third-order valence-corrected chi connectivity index (χ3v) is 3.64. The number of nitrogens with one attached hydrogen (secondary N) is 1. The SMILES string of the molecule is CC(CNC(=O)CCC(=O)c1cccnc1)Cc1ccccc1. The van der Waals surface area contributed by atoms with Crippen LogP contribution in [0.1, 0.15) is 35.7 Å². The summed E-state index contributed by atoms with van der Waals surface area (Å²) in [4.78, 5) is 27.7. The first-order chi connectivity index (χ1) is 11.1. The predicted octanol–water partition coefficient (Wildman–Crippen LogP) is 3.04. The van der Waals surface area contributed by atoms with E-state index in [1.165, 1.54) is 11.8 Å². The second-order valence-electron chi connectivity index (χ2n) is 5.76. The Bertz CT molecular complexity index is 626. The molecule has 1 N–H and O–H groups in total. The van der Waals surface area contributed by atoms with E-state index in [0.717, 1.165) is 6.42 Å². The molecule has 0 aliphatic carbocycles. The Labute approximate surface area is 137 Å². The van der Waals surface area contributed by atoms with Gasteiger partial charge in [-0.25, -0.2) is 0 Å². The van der Waals surface area contributed by atoms with Gasteiger partial charge in [0.1, 0.15) is 0 Å². The molecule has 2 aromatic rings. The van der Waals surface area contributed by atoms with Gasteiger partial charge in [0.2, 0.25) is 5.91 Å². The van der Waals surface area contributed by atoms with Crippen molar-refractivity contribution in [1.82, 2.24) is 10.3 Å². The molecule has 0 aliphatic rings. The molecule has 1 aromatic heterocycles. The van der Waals surface area contributed by atoms with Crippen molar-refractivity contribution in [1.29, 1.82) is 0 Å². The molecule has 1 heterocycles. The number of pyridine rings is 1. The number of carbonyl (C=O) groups is 2. The van der Waals surface area contributed by atoms with Crippen LogP contribution in [0.15, 0.2) is 54.9 Å². The van der Waals surface area contributed by atoms with E-state index >= 15 is 0 Å². The van der Waals surface area contributed by atoms with Crippen molar-refractivity contribution in [2.45, 2.75) is 26.2 Å². The van der Waals surface area contributed by atoms with Gasteiger partial charge < -0.3 is 5.32 Å². The fourth-order valence-electron chi connectivity index (χ4n) is 2.36. The molecule has 0 saturated carbocycles. The van der Waals surface area contributed by atoms with Crippen LogP contribution in [0.4, 0.5) is 0 Å². The molecule has 1 atom stereocenters. The fraction of sp³-hybridized carbons (Fsp3) is 0.316. The minimum Gasteiger partial charge on any atom is -0.356 e. The number of ketones is 1. The molecule has 0 fully saturated rings. The molecule has 120 valence electrons. The first-order valence-corrected chi connectivity index (χ1v) is 7.89. The van der Waals surface area contributed by atoms with Gasteiger partial charge in [-0.3, -0.25) is 14.6 Å². The van der Waals surface area contributed by atoms with Crippen molar-refractivity contribution in [2.75, 3.05) is 6.54 Å². The standard InChI is InChI=1S/C19H22N2O2/c1-15(12-16-6-3-2-4-7-16)13-21-19(23)10-9-18(22)17-8-5-11-20-14-17/h2-8,11,14-15H,9-10,12-13H2,1H3,(H,21,23). The minimum atomic E-state index is -0.0813. The highest BCUT2D eigenvalue weighted by atomic mass is 16.2. The van der Waals surface area contributed by atoms with Gasteiger partial charge in [0.05, 0.1) is 0 Å². The first-order valence-electron chi connectivity index (χ1n) is 7.89. The number of amides is 1. The number of hydrogen-bond acceptors (Lipinski definition) is 3. The lowest BCUT2D eigenvalue weighted by Gasteiger charge is -2.12. The van der Waals surface area contributed by atoms with Crippen LogP contribution in [0.5, 0.6) is 0 Å². The fourth-order valence-corrected chi connectivity index (χ4v) is 2.36. The summed E-state index contributed by atoms with van der Waals surface area (Å²) in [5.41, 5.74) is 1.82. The van der Waals surface area contributed by atoms with Crippen LogP contribution in [0.25, 0.3) is 0 Å². The quantitative estimate of drug-likeness (QED) is 0.762. The summed E-state index contributed by atoms with van der Waals surface area (Å²) in [7, 11) is 0. The molecule has 1 aromatic carbocycles. The molecule has 0 aliphatic heterocycles. The Morgan fingerprint density at radius 1 is 1.09 bits per heavy atom. The number of carbonyl (C=O) groups excluding carboxylic acids is 2. The molecule has 23 heavy (non-hydrogen) atoms. The largest absolute Gasteiger partial charge is 0.356 e. The summed E-state index contributed by atoms with van der Waals surface area (Å²) in [6.45, 7) is 2.73. The third kappa shape index (κ3) is 6.02. The summed E-state index contributed by atoms with van der Waals surface area (Å²) < 4.78 is 0. The Morgan fingerprint density at radius 2 is 1.87 bits per heavy atom. The zero-order valence-corrected chi connectivity index (χ0v) is 13.4. The Kier molecular flexibility index (Phi) is 6.48.